The monoisotopic (exact) mass is 332 g/mol. The van der Waals surface area contributed by atoms with E-state index >= 15 is 0 Å². The largest absolute Gasteiger partial charge is 0.493 e. The molecule has 1 amide bonds. The van der Waals surface area contributed by atoms with Crippen LogP contribution < -0.4 is 10.1 Å². The van der Waals surface area contributed by atoms with E-state index in [1.165, 1.54) is 0 Å². The maximum absolute atomic E-state index is 12.4. The van der Waals surface area contributed by atoms with Crippen molar-refractivity contribution in [1.29, 1.82) is 0 Å². The van der Waals surface area contributed by atoms with Crippen LogP contribution in [0.5, 0.6) is 5.75 Å². The molecule has 0 saturated heterocycles. The second kappa shape index (κ2) is 8.64. The molecular formula is C21H20N2O2. The minimum Gasteiger partial charge on any atom is -0.493 e. The highest BCUT2D eigenvalue weighted by atomic mass is 16.5. The Hall–Kier alpha value is -3.14. The van der Waals surface area contributed by atoms with Gasteiger partial charge in [-0.3, -0.25) is 9.78 Å². The third kappa shape index (κ3) is 4.91. The van der Waals surface area contributed by atoms with E-state index < -0.39 is 0 Å². The molecule has 1 heterocycles. The van der Waals surface area contributed by atoms with Crippen molar-refractivity contribution in [3.05, 3.63) is 96.3 Å². The molecule has 0 spiro atoms. The van der Waals surface area contributed by atoms with Gasteiger partial charge in [0, 0.05) is 6.20 Å². The van der Waals surface area contributed by atoms with Gasteiger partial charge < -0.3 is 10.1 Å². The topological polar surface area (TPSA) is 51.2 Å². The number of benzene rings is 2. The molecule has 0 saturated carbocycles. The van der Waals surface area contributed by atoms with Crippen LogP contribution in [0.1, 0.15) is 23.7 Å². The SMILES string of the molecule is O=C(CCOc1ccccc1)NC(c1ccccc1)c1ccccn1. The fourth-order valence-corrected chi connectivity index (χ4v) is 2.53. The molecule has 3 rings (SSSR count). The Bertz CT molecular complexity index is 737. The Kier molecular flexibility index (Phi) is 5.77. The van der Waals surface area contributed by atoms with Crippen molar-refractivity contribution in [2.75, 3.05) is 6.61 Å². The first-order chi connectivity index (χ1) is 12.3. The number of nitrogens with one attached hydrogen (secondary N) is 1. The van der Waals surface area contributed by atoms with Gasteiger partial charge in [0.2, 0.25) is 5.91 Å². The second-order valence-corrected chi connectivity index (χ2v) is 5.58. The van der Waals surface area contributed by atoms with Crippen molar-refractivity contribution >= 4 is 5.91 Å². The highest BCUT2D eigenvalue weighted by Gasteiger charge is 2.17. The van der Waals surface area contributed by atoms with Crippen molar-refractivity contribution in [2.45, 2.75) is 12.5 Å². The van der Waals surface area contributed by atoms with Gasteiger partial charge in [-0.05, 0) is 29.8 Å². The molecule has 4 heteroatoms. The first-order valence-corrected chi connectivity index (χ1v) is 8.26. The van der Waals surface area contributed by atoms with E-state index in [2.05, 4.69) is 10.3 Å². The standard InChI is InChI=1S/C21H20N2O2/c24-20(14-16-25-18-11-5-2-6-12-18)23-21(17-9-3-1-4-10-17)19-13-7-8-15-22-19/h1-13,15,21H,14,16H2,(H,23,24). The average Bonchev–Trinajstić information content (AvgIpc) is 2.68. The zero-order valence-corrected chi connectivity index (χ0v) is 13.8. The molecule has 0 aliphatic carbocycles. The molecule has 2 aromatic carbocycles. The molecular weight excluding hydrogens is 312 g/mol. The number of para-hydroxylation sites is 1. The van der Waals surface area contributed by atoms with E-state index in [4.69, 9.17) is 4.74 Å². The van der Waals surface area contributed by atoms with Gasteiger partial charge in [-0.25, -0.2) is 0 Å². The zero-order valence-electron chi connectivity index (χ0n) is 13.8. The van der Waals surface area contributed by atoms with Crippen LogP contribution in [-0.4, -0.2) is 17.5 Å². The zero-order chi connectivity index (χ0) is 17.3. The van der Waals surface area contributed by atoms with Crippen LogP contribution >= 0.6 is 0 Å². The van der Waals surface area contributed by atoms with E-state index in [0.717, 1.165) is 17.0 Å². The van der Waals surface area contributed by atoms with Gasteiger partial charge in [-0.1, -0.05) is 54.6 Å². The summed E-state index contributed by atoms with van der Waals surface area (Å²) in [5, 5.41) is 3.05. The summed E-state index contributed by atoms with van der Waals surface area (Å²) in [5.41, 5.74) is 1.81. The van der Waals surface area contributed by atoms with Crippen molar-refractivity contribution in [3.63, 3.8) is 0 Å². The molecule has 1 atom stereocenters. The van der Waals surface area contributed by atoms with Gasteiger partial charge in [0.05, 0.1) is 24.8 Å². The first-order valence-electron chi connectivity index (χ1n) is 8.26. The molecule has 0 radical (unpaired) electrons. The maximum Gasteiger partial charge on any atom is 0.224 e. The van der Waals surface area contributed by atoms with Crippen LogP contribution in [0, 0.1) is 0 Å². The number of nitrogens with zero attached hydrogens (tertiary/aromatic N) is 1. The summed E-state index contributed by atoms with van der Waals surface area (Å²) in [7, 11) is 0. The fourth-order valence-electron chi connectivity index (χ4n) is 2.53. The molecule has 3 aromatic rings. The lowest BCUT2D eigenvalue weighted by Crippen LogP contribution is -2.30. The predicted molar refractivity (Wildman–Crippen MR) is 97.2 cm³/mol. The molecule has 0 aliphatic rings. The van der Waals surface area contributed by atoms with E-state index in [0.29, 0.717) is 6.61 Å². The summed E-state index contributed by atoms with van der Waals surface area (Å²) in [4.78, 5) is 16.8. The minimum atomic E-state index is -0.272. The number of pyridine rings is 1. The highest BCUT2D eigenvalue weighted by Crippen LogP contribution is 2.20. The van der Waals surface area contributed by atoms with Gasteiger partial charge in [0.25, 0.3) is 0 Å². The van der Waals surface area contributed by atoms with Crippen molar-refractivity contribution in [1.82, 2.24) is 10.3 Å². The lowest BCUT2D eigenvalue weighted by atomic mass is 10.0. The van der Waals surface area contributed by atoms with E-state index in [1.807, 2.05) is 78.9 Å². The van der Waals surface area contributed by atoms with Gasteiger partial charge in [0.1, 0.15) is 5.75 Å². The summed E-state index contributed by atoms with van der Waals surface area (Å²) in [6, 6.07) is 24.7. The lowest BCUT2D eigenvalue weighted by molar-refractivity contribution is -0.122. The highest BCUT2D eigenvalue weighted by molar-refractivity contribution is 5.77. The number of carbonyl (C=O) groups excluding carboxylic acids is 1. The summed E-state index contributed by atoms with van der Waals surface area (Å²) in [6.07, 6.45) is 2.01. The van der Waals surface area contributed by atoms with Crippen molar-refractivity contribution in [3.8, 4) is 5.75 Å². The van der Waals surface area contributed by atoms with Gasteiger partial charge >= 0.3 is 0 Å². The van der Waals surface area contributed by atoms with Crippen LogP contribution in [0.3, 0.4) is 0 Å². The molecule has 126 valence electrons. The number of hydrogen-bond donors (Lipinski definition) is 1. The minimum absolute atomic E-state index is 0.0737. The molecule has 0 fully saturated rings. The second-order valence-electron chi connectivity index (χ2n) is 5.58. The predicted octanol–water partition coefficient (Wildman–Crippen LogP) is 3.76. The first kappa shape index (κ1) is 16.7. The Morgan fingerprint density at radius 2 is 1.60 bits per heavy atom. The van der Waals surface area contributed by atoms with Gasteiger partial charge in [-0.2, -0.15) is 0 Å². The van der Waals surface area contributed by atoms with Crippen LogP contribution in [0.15, 0.2) is 85.1 Å². The van der Waals surface area contributed by atoms with Crippen molar-refractivity contribution < 1.29 is 9.53 Å². The Morgan fingerprint density at radius 3 is 2.28 bits per heavy atom. The summed E-state index contributed by atoms with van der Waals surface area (Å²) >= 11 is 0. The van der Waals surface area contributed by atoms with Crippen LogP contribution in [0.4, 0.5) is 0 Å². The molecule has 0 aliphatic heterocycles. The van der Waals surface area contributed by atoms with Gasteiger partial charge in [0.15, 0.2) is 0 Å². The molecule has 4 nitrogen and oxygen atoms in total. The Labute approximate surface area is 147 Å². The summed E-state index contributed by atoms with van der Waals surface area (Å²) in [5.74, 6) is 0.690. The molecule has 1 unspecified atom stereocenters. The number of amides is 1. The third-order valence-electron chi connectivity index (χ3n) is 3.76. The van der Waals surface area contributed by atoms with Crippen LogP contribution in [0.25, 0.3) is 0 Å². The van der Waals surface area contributed by atoms with Crippen LogP contribution in [-0.2, 0) is 4.79 Å². The average molecular weight is 332 g/mol. The molecule has 0 bridgehead atoms. The van der Waals surface area contributed by atoms with E-state index in [9.17, 15) is 4.79 Å². The number of carbonyl (C=O) groups is 1. The molecule has 1 N–H and O–H groups in total. The van der Waals surface area contributed by atoms with Crippen LogP contribution in [0.2, 0.25) is 0 Å². The Morgan fingerprint density at radius 1 is 0.920 bits per heavy atom. The maximum atomic E-state index is 12.4. The number of rotatable bonds is 7. The van der Waals surface area contributed by atoms with E-state index in [-0.39, 0.29) is 18.4 Å². The smallest absolute Gasteiger partial charge is 0.224 e. The normalized spacial score (nSPS) is 11.5. The number of aromatic nitrogens is 1. The van der Waals surface area contributed by atoms with Gasteiger partial charge in [-0.15, -0.1) is 0 Å². The van der Waals surface area contributed by atoms with E-state index in [1.54, 1.807) is 6.20 Å². The quantitative estimate of drug-likeness (QED) is 0.717. The van der Waals surface area contributed by atoms with Crippen molar-refractivity contribution in [2.24, 2.45) is 0 Å². The Balaban J connectivity index is 1.63. The third-order valence-corrected chi connectivity index (χ3v) is 3.76. The molecule has 1 aromatic heterocycles. The molecule has 25 heavy (non-hydrogen) atoms. The lowest BCUT2D eigenvalue weighted by Gasteiger charge is -2.19. The number of hydrogen-bond acceptors (Lipinski definition) is 3. The summed E-state index contributed by atoms with van der Waals surface area (Å²) in [6.45, 7) is 0.333. The number of ether oxygens (including phenoxy) is 1. The summed E-state index contributed by atoms with van der Waals surface area (Å²) < 4.78 is 5.59. The fraction of sp³-hybridized carbons (Fsp3) is 0.143.